The zero-order valence-corrected chi connectivity index (χ0v) is 24.9. The maximum absolute atomic E-state index is 13.9. The van der Waals surface area contributed by atoms with Gasteiger partial charge in [-0.05, 0) is 54.8 Å². The molecule has 11 heteroatoms. The van der Waals surface area contributed by atoms with E-state index in [1.165, 1.54) is 0 Å². The second-order valence-corrected chi connectivity index (χ2v) is 11.2. The lowest BCUT2D eigenvalue weighted by Crippen LogP contribution is -2.54. The van der Waals surface area contributed by atoms with E-state index in [1.54, 1.807) is 53.4 Å². The molecule has 0 saturated carbocycles. The average molecular weight is 619 g/mol. The Balaban J connectivity index is 1.35. The summed E-state index contributed by atoms with van der Waals surface area (Å²) in [6.07, 6.45) is 1.46. The first kappa shape index (κ1) is 30.9. The number of fused-ring (bicyclic) bond motifs is 2. The van der Waals surface area contributed by atoms with Gasteiger partial charge in [0.25, 0.3) is 5.91 Å². The first-order valence-electron chi connectivity index (χ1n) is 14.7. The van der Waals surface area contributed by atoms with Crippen LogP contribution >= 0.6 is 11.6 Å². The molecule has 1 saturated heterocycles. The number of hydrogen-bond donors (Lipinski definition) is 3. The van der Waals surface area contributed by atoms with Crippen LogP contribution in [0.15, 0.2) is 78.9 Å². The summed E-state index contributed by atoms with van der Waals surface area (Å²) in [5.41, 5.74) is 1.11. The maximum atomic E-state index is 13.9. The fraction of sp³-hybridized carbons (Fsp3) is 0.333. The van der Waals surface area contributed by atoms with E-state index >= 15 is 0 Å². The van der Waals surface area contributed by atoms with Crippen LogP contribution in [0.25, 0.3) is 0 Å². The van der Waals surface area contributed by atoms with Crippen molar-refractivity contribution in [1.82, 2.24) is 20.9 Å². The maximum Gasteiger partial charge on any atom is 0.255 e. The third-order valence-corrected chi connectivity index (χ3v) is 7.89. The molecule has 0 radical (unpaired) electrons. The molecule has 0 aromatic heterocycles. The Bertz CT molecular complexity index is 1470. The van der Waals surface area contributed by atoms with Crippen molar-refractivity contribution in [3.63, 3.8) is 0 Å². The van der Waals surface area contributed by atoms with Crippen molar-refractivity contribution in [2.75, 3.05) is 26.3 Å². The summed E-state index contributed by atoms with van der Waals surface area (Å²) in [5, 5.41) is 8.87. The van der Waals surface area contributed by atoms with Gasteiger partial charge in [-0.15, -0.1) is 0 Å². The number of nitrogens with zero attached hydrogens (tertiary/aromatic N) is 1. The van der Waals surface area contributed by atoms with Crippen LogP contribution in [0.2, 0.25) is 5.02 Å². The molecular weight excluding hydrogens is 584 g/mol. The smallest absolute Gasteiger partial charge is 0.255 e. The molecule has 4 amide bonds. The second-order valence-electron chi connectivity index (χ2n) is 10.8. The number of carbonyl (C=O) groups excluding carboxylic acids is 4. The summed E-state index contributed by atoms with van der Waals surface area (Å²) in [6.45, 7) is 1.01. The number of benzene rings is 3. The van der Waals surface area contributed by atoms with Gasteiger partial charge in [-0.1, -0.05) is 54.1 Å². The number of hydrogen-bond acceptors (Lipinski definition) is 6. The Morgan fingerprint density at radius 2 is 1.73 bits per heavy atom. The lowest BCUT2D eigenvalue weighted by Gasteiger charge is -2.30. The zero-order chi connectivity index (χ0) is 30.9. The minimum Gasteiger partial charge on any atom is -0.492 e. The summed E-state index contributed by atoms with van der Waals surface area (Å²) >= 11 is 5.91. The Hall–Kier alpha value is -4.57. The van der Waals surface area contributed by atoms with Crippen LogP contribution in [0.4, 0.5) is 0 Å². The molecule has 230 valence electrons. The predicted octanol–water partition coefficient (Wildman–Crippen LogP) is 3.13. The van der Waals surface area contributed by atoms with E-state index in [-0.39, 0.29) is 50.1 Å². The SMILES string of the molecule is O=C1C[C@@H](C(=O)NCCOc2ccc(Cl)cc2)NC(=O)c2ccccc2OC[C@H]2CCCN2C(=O)[C@H](Cc2ccccc2)N1. The van der Waals surface area contributed by atoms with Crippen LogP contribution in [-0.2, 0) is 20.8 Å². The third-order valence-electron chi connectivity index (χ3n) is 7.63. The summed E-state index contributed by atoms with van der Waals surface area (Å²) in [6, 6.07) is 20.7. The van der Waals surface area contributed by atoms with Crippen molar-refractivity contribution in [2.45, 2.75) is 43.8 Å². The highest BCUT2D eigenvalue weighted by Gasteiger charge is 2.36. The van der Waals surface area contributed by atoms with Gasteiger partial charge in [0.05, 0.1) is 24.6 Å². The molecule has 44 heavy (non-hydrogen) atoms. The molecule has 3 atom stereocenters. The van der Waals surface area contributed by atoms with Crippen LogP contribution in [0, 0.1) is 0 Å². The second kappa shape index (κ2) is 14.7. The number of rotatable bonds is 7. The molecule has 0 bridgehead atoms. The number of para-hydroxylation sites is 1. The number of nitrogens with one attached hydrogen (secondary N) is 3. The van der Waals surface area contributed by atoms with Crippen molar-refractivity contribution in [3.05, 3.63) is 95.0 Å². The van der Waals surface area contributed by atoms with Gasteiger partial charge < -0.3 is 30.3 Å². The standard InChI is InChI=1S/C33H35ClN4O6/c34-23-12-14-25(15-13-23)43-18-16-35-32(41)27-20-30(39)36-28(19-22-7-2-1-3-8-22)33(42)38-17-6-9-24(38)21-44-29-11-5-4-10-26(29)31(40)37-27/h1-5,7-8,10-15,24,27-28H,6,9,16-21H2,(H,35,41)(H,36,39)(H,37,40)/t24-,27+,28+/m1/s1. The van der Waals surface area contributed by atoms with E-state index in [1.807, 2.05) is 30.3 Å². The van der Waals surface area contributed by atoms with Gasteiger partial charge >= 0.3 is 0 Å². The van der Waals surface area contributed by atoms with Crippen LogP contribution in [0.5, 0.6) is 11.5 Å². The number of halogens is 1. The summed E-state index contributed by atoms with van der Waals surface area (Å²) < 4.78 is 11.7. The fourth-order valence-electron chi connectivity index (χ4n) is 5.40. The van der Waals surface area contributed by atoms with E-state index < -0.39 is 29.8 Å². The van der Waals surface area contributed by atoms with Gasteiger partial charge in [-0.2, -0.15) is 0 Å². The van der Waals surface area contributed by atoms with E-state index in [0.29, 0.717) is 23.1 Å². The van der Waals surface area contributed by atoms with Crippen molar-refractivity contribution in [3.8, 4) is 11.5 Å². The fourth-order valence-corrected chi connectivity index (χ4v) is 5.52. The largest absolute Gasteiger partial charge is 0.492 e. The Kier molecular flexibility index (Phi) is 10.3. The minimum atomic E-state index is -1.22. The van der Waals surface area contributed by atoms with Crippen LogP contribution in [0.3, 0.4) is 0 Å². The lowest BCUT2D eigenvalue weighted by molar-refractivity contribution is -0.138. The van der Waals surface area contributed by atoms with E-state index in [4.69, 9.17) is 21.1 Å². The highest BCUT2D eigenvalue weighted by Crippen LogP contribution is 2.24. The normalized spacial score (nSPS) is 20.7. The zero-order valence-electron chi connectivity index (χ0n) is 24.2. The number of amides is 4. The van der Waals surface area contributed by atoms with Gasteiger partial charge in [0, 0.05) is 18.0 Å². The minimum absolute atomic E-state index is 0.126. The molecule has 0 spiro atoms. The predicted molar refractivity (Wildman–Crippen MR) is 165 cm³/mol. The molecule has 2 heterocycles. The molecule has 3 aromatic rings. The summed E-state index contributed by atoms with van der Waals surface area (Å²) in [4.78, 5) is 55.8. The van der Waals surface area contributed by atoms with Gasteiger partial charge in [0.1, 0.15) is 36.8 Å². The van der Waals surface area contributed by atoms with Crippen molar-refractivity contribution < 1.29 is 28.7 Å². The lowest BCUT2D eigenvalue weighted by atomic mass is 10.0. The topological polar surface area (TPSA) is 126 Å². The molecule has 10 nitrogen and oxygen atoms in total. The van der Waals surface area contributed by atoms with Gasteiger partial charge in [0.15, 0.2) is 0 Å². The summed E-state index contributed by atoms with van der Waals surface area (Å²) in [7, 11) is 0. The van der Waals surface area contributed by atoms with Crippen molar-refractivity contribution in [2.24, 2.45) is 0 Å². The molecule has 2 aliphatic rings. The van der Waals surface area contributed by atoms with Gasteiger partial charge in [-0.25, -0.2) is 0 Å². The molecule has 1 fully saturated rings. The molecule has 3 N–H and O–H groups in total. The number of ether oxygens (including phenoxy) is 2. The molecule has 0 aliphatic carbocycles. The molecule has 5 rings (SSSR count). The first-order chi connectivity index (χ1) is 21.4. The van der Waals surface area contributed by atoms with E-state index in [2.05, 4.69) is 16.0 Å². The van der Waals surface area contributed by atoms with Gasteiger partial charge in [0.2, 0.25) is 17.7 Å². The molecule has 0 unspecified atom stereocenters. The van der Waals surface area contributed by atoms with Crippen LogP contribution < -0.4 is 25.4 Å². The quantitative estimate of drug-likeness (QED) is 0.350. The average Bonchev–Trinajstić information content (AvgIpc) is 3.51. The third kappa shape index (κ3) is 8.08. The van der Waals surface area contributed by atoms with Crippen LogP contribution in [-0.4, -0.2) is 73.0 Å². The monoisotopic (exact) mass is 618 g/mol. The highest BCUT2D eigenvalue weighted by molar-refractivity contribution is 6.30. The van der Waals surface area contributed by atoms with E-state index in [0.717, 1.165) is 18.4 Å². The van der Waals surface area contributed by atoms with Crippen molar-refractivity contribution >= 4 is 35.2 Å². The first-order valence-corrected chi connectivity index (χ1v) is 15.1. The Morgan fingerprint density at radius 3 is 2.52 bits per heavy atom. The molecule has 2 aliphatic heterocycles. The molecule has 3 aromatic carbocycles. The van der Waals surface area contributed by atoms with Crippen molar-refractivity contribution in [1.29, 1.82) is 0 Å². The Labute approximate surface area is 261 Å². The highest BCUT2D eigenvalue weighted by atomic mass is 35.5. The molecular formula is C33H35ClN4O6. The Morgan fingerprint density at radius 1 is 0.977 bits per heavy atom. The van der Waals surface area contributed by atoms with Crippen LogP contribution in [0.1, 0.15) is 35.2 Å². The summed E-state index contributed by atoms with van der Waals surface area (Å²) in [5.74, 6) is -0.938. The van der Waals surface area contributed by atoms with E-state index in [9.17, 15) is 19.2 Å². The van der Waals surface area contributed by atoms with Gasteiger partial charge in [-0.3, -0.25) is 19.2 Å². The number of carbonyl (C=O) groups is 4.